The van der Waals surface area contributed by atoms with Crippen LogP contribution in [0, 0.1) is 11.8 Å². The number of carbonyl (C=O) groups excluding carboxylic acids is 4. The Morgan fingerprint density at radius 1 is 0.679 bits per heavy atom. The van der Waals surface area contributed by atoms with Gasteiger partial charge in [0, 0.05) is 13.1 Å². The van der Waals surface area contributed by atoms with Crippen molar-refractivity contribution >= 4 is 90.2 Å². The monoisotopic (exact) mass is 864 g/mol. The molecular formula is C33H70Cl2N4O11S3. The Hall–Kier alpha value is -1.54. The highest BCUT2D eigenvalue weighted by molar-refractivity contribution is 7.98. The number of aliphatic hydroxyl groups is 1. The molecule has 0 aliphatic carbocycles. The van der Waals surface area contributed by atoms with Crippen molar-refractivity contribution in [3.8, 4) is 0 Å². The van der Waals surface area contributed by atoms with Gasteiger partial charge in [-0.15, -0.1) is 24.8 Å². The smallest absolute Gasteiger partial charge is 0.407 e. The van der Waals surface area contributed by atoms with Crippen LogP contribution in [-0.4, -0.2) is 133 Å². The second-order valence-corrected chi connectivity index (χ2v) is 15.8. The van der Waals surface area contributed by atoms with Crippen LogP contribution in [0.1, 0.15) is 74.7 Å². The predicted molar refractivity (Wildman–Crippen MR) is 224 cm³/mol. The van der Waals surface area contributed by atoms with Gasteiger partial charge in [-0.2, -0.15) is 35.3 Å². The predicted octanol–water partition coefficient (Wildman–Crippen LogP) is 4.82. The summed E-state index contributed by atoms with van der Waals surface area (Å²) in [5.41, 5.74) is 9.68. The molecule has 15 nitrogen and oxygen atoms in total. The maximum Gasteiger partial charge on any atom is 0.407 e. The molecule has 0 fully saturated rings. The Bertz CT molecular complexity index is 934. The van der Waals surface area contributed by atoms with E-state index in [0.717, 1.165) is 30.1 Å². The molecule has 0 spiro atoms. The summed E-state index contributed by atoms with van der Waals surface area (Å²) >= 11 is 5.05. The first-order valence-corrected chi connectivity index (χ1v) is 20.8. The fourth-order valence-electron chi connectivity index (χ4n) is 2.69. The molecule has 320 valence electrons. The summed E-state index contributed by atoms with van der Waals surface area (Å²) in [5, 5.41) is 21.7. The van der Waals surface area contributed by atoms with Crippen molar-refractivity contribution in [2.75, 3.05) is 75.5 Å². The summed E-state index contributed by atoms with van der Waals surface area (Å²) in [6.45, 7) is 15.5. The highest BCUT2D eigenvalue weighted by Crippen LogP contribution is 2.09. The molecule has 0 aromatic carbocycles. The van der Waals surface area contributed by atoms with Crippen molar-refractivity contribution in [1.29, 1.82) is 0 Å². The zero-order chi connectivity index (χ0) is 40.5. The van der Waals surface area contributed by atoms with Gasteiger partial charge in [0.1, 0.15) is 30.5 Å². The molecule has 8 N–H and O–H groups in total. The largest absolute Gasteiger partial charge is 0.481 e. The lowest BCUT2D eigenvalue weighted by molar-refractivity contribution is -0.148. The number of carboxylic acids is 1. The molecule has 0 heterocycles. The molecule has 3 atom stereocenters. The minimum absolute atomic E-state index is 0. The highest BCUT2D eigenvalue weighted by Gasteiger charge is 2.17. The van der Waals surface area contributed by atoms with E-state index in [1.165, 1.54) is 0 Å². The van der Waals surface area contributed by atoms with Crippen molar-refractivity contribution in [1.82, 2.24) is 10.6 Å². The zero-order valence-electron chi connectivity index (χ0n) is 33.5. The van der Waals surface area contributed by atoms with Crippen LogP contribution in [0.5, 0.6) is 0 Å². The number of ether oxygens (including phenoxy) is 4. The van der Waals surface area contributed by atoms with Gasteiger partial charge in [0.2, 0.25) is 0 Å². The number of carbonyl (C=O) groups is 5. The van der Waals surface area contributed by atoms with Gasteiger partial charge in [0.15, 0.2) is 0 Å². The van der Waals surface area contributed by atoms with Gasteiger partial charge in [0.05, 0.1) is 25.0 Å². The van der Waals surface area contributed by atoms with Crippen LogP contribution < -0.4 is 22.1 Å². The van der Waals surface area contributed by atoms with Crippen molar-refractivity contribution in [2.45, 2.75) is 91.9 Å². The molecule has 0 aliphatic heterocycles. The van der Waals surface area contributed by atoms with Crippen LogP contribution in [0.25, 0.3) is 0 Å². The Kier molecular flexibility index (Phi) is 48.0. The number of hydrogen-bond donors (Lipinski definition) is 6. The number of rotatable bonds is 19. The average Bonchev–Trinajstić information content (AvgIpc) is 3.03. The second-order valence-electron chi connectivity index (χ2n) is 12.8. The molecule has 2 amide bonds. The number of amides is 2. The molecule has 53 heavy (non-hydrogen) atoms. The summed E-state index contributed by atoms with van der Waals surface area (Å²) in [6, 6.07) is -0.496. The number of aliphatic hydroxyl groups excluding tert-OH is 1. The molecule has 0 radical (unpaired) electrons. The summed E-state index contributed by atoms with van der Waals surface area (Å²) in [7, 11) is 0. The average molecular weight is 866 g/mol. The Morgan fingerprint density at radius 2 is 1.08 bits per heavy atom. The quantitative estimate of drug-likeness (QED) is 0.0580. The van der Waals surface area contributed by atoms with E-state index in [-0.39, 0.29) is 81.5 Å². The Labute approximate surface area is 343 Å². The van der Waals surface area contributed by atoms with Gasteiger partial charge in [-0.1, -0.05) is 13.8 Å². The molecule has 0 bridgehead atoms. The first-order chi connectivity index (χ1) is 23.6. The molecule has 0 aromatic heterocycles. The standard InChI is InChI=1S/C13H25NO4S.C7H16N2O2S.C7H15NO3.C6H12O2S.2ClH/c1-10(6-9-19-5)11(15)17-8-7-14-12(16)18-13(2,3)4;1-12-5-2-6(9)7(10)11-4-3-8;1-7(2,3)11-6(10)8-4-5-9;1-5(6(7)8)3-4-9-2;;/h10H,6-9H2,1-5H3,(H,14,16);6H,2-5,8-9H2,1H3;9H,4-5H2,1-3H3,(H,8,10);5H,3-4H2,1-2H3,(H,7,8);2*1H/t10-;6-;;5-;;/m00.0../s1. The van der Waals surface area contributed by atoms with Crippen LogP contribution in [0.2, 0.25) is 0 Å². The van der Waals surface area contributed by atoms with Crippen LogP contribution in [0.4, 0.5) is 9.59 Å². The van der Waals surface area contributed by atoms with Gasteiger partial charge in [-0.3, -0.25) is 14.4 Å². The van der Waals surface area contributed by atoms with Crippen molar-refractivity contribution in [2.24, 2.45) is 23.3 Å². The topological polar surface area (TPSA) is 239 Å². The summed E-state index contributed by atoms with van der Waals surface area (Å²) < 4.78 is 19.7. The number of aliphatic carboxylic acids is 1. The second kappa shape index (κ2) is 40.1. The van der Waals surface area contributed by atoms with Gasteiger partial charge < -0.3 is 51.3 Å². The third-order valence-electron chi connectivity index (χ3n) is 5.43. The Balaban J connectivity index is -0.000000143. The van der Waals surface area contributed by atoms with E-state index < -0.39 is 35.4 Å². The third kappa shape index (κ3) is 52.6. The van der Waals surface area contributed by atoms with Crippen LogP contribution in [-0.2, 0) is 33.3 Å². The van der Waals surface area contributed by atoms with E-state index in [9.17, 15) is 24.0 Å². The fourth-order valence-corrected chi connectivity index (χ4v) is 4.36. The SMILES string of the molecule is CC(C)(C)OC(=O)NCCO.CSCC[C@H](C)C(=O)O.CSCC[C@H](C)C(=O)OCCNC(=O)OC(C)(C)C.CSCC[C@H](N)C(=O)OCCN.Cl.Cl. The minimum atomic E-state index is -0.691. The van der Waals surface area contributed by atoms with Gasteiger partial charge in [0.25, 0.3) is 0 Å². The lowest BCUT2D eigenvalue weighted by Gasteiger charge is -2.19. The number of hydrogen-bond acceptors (Lipinski definition) is 15. The first kappa shape index (κ1) is 63.4. The third-order valence-corrected chi connectivity index (χ3v) is 7.36. The minimum Gasteiger partial charge on any atom is -0.481 e. The molecule has 0 saturated heterocycles. The van der Waals surface area contributed by atoms with E-state index in [1.807, 2.05) is 25.7 Å². The highest BCUT2D eigenvalue weighted by atomic mass is 35.5. The van der Waals surface area contributed by atoms with Crippen LogP contribution in [0.15, 0.2) is 0 Å². The number of nitrogens with two attached hydrogens (primary N) is 2. The van der Waals surface area contributed by atoms with Crippen molar-refractivity contribution < 1.29 is 53.1 Å². The van der Waals surface area contributed by atoms with Crippen molar-refractivity contribution in [3.63, 3.8) is 0 Å². The van der Waals surface area contributed by atoms with Crippen molar-refractivity contribution in [3.05, 3.63) is 0 Å². The number of alkyl carbamates (subject to hydrolysis) is 2. The molecule has 0 saturated carbocycles. The van der Waals surface area contributed by atoms with Gasteiger partial charge >= 0.3 is 30.1 Å². The normalized spacial score (nSPS) is 11.9. The number of carboxylic acid groups (broad SMARTS) is 1. The van der Waals surface area contributed by atoms with Crippen LogP contribution >= 0.6 is 60.1 Å². The van der Waals surface area contributed by atoms with E-state index in [4.69, 9.17) is 40.6 Å². The molecule has 0 aromatic rings. The lowest BCUT2D eigenvalue weighted by Crippen LogP contribution is -2.34. The van der Waals surface area contributed by atoms with E-state index in [2.05, 4.69) is 10.6 Å². The summed E-state index contributed by atoms with van der Waals surface area (Å²) in [6.07, 6.45) is 7.20. The van der Waals surface area contributed by atoms with Crippen LogP contribution in [0.3, 0.4) is 0 Å². The molecule has 0 unspecified atom stereocenters. The van der Waals surface area contributed by atoms with E-state index >= 15 is 0 Å². The molecular weight excluding hydrogens is 795 g/mol. The fraction of sp³-hybridized carbons (Fsp3) is 0.848. The number of halogens is 2. The lowest BCUT2D eigenvalue weighted by atomic mass is 10.1. The summed E-state index contributed by atoms with van der Waals surface area (Å²) in [4.78, 5) is 54.8. The molecule has 0 rings (SSSR count). The maximum absolute atomic E-state index is 11.5. The summed E-state index contributed by atoms with van der Waals surface area (Å²) in [5.74, 6) is 1.20. The van der Waals surface area contributed by atoms with Gasteiger partial charge in [-0.25, -0.2) is 9.59 Å². The maximum atomic E-state index is 11.5. The molecule has 20 heteroatoms. The van der Waals surface area contributed by atoms with Gasteiger partial charge in [-0.05, 0) is 96.8 Å². The number of nitrogens with one attached hydrogen (secondary N) is 2. The Morgan fingerprint density at radius 3 is 1.45 bits per heavy atom. The number of thioether (sulfide) groups is 3. The van der Waals surface area contributed by atoms with E-state index in [1.54, 1.807) is 83.8 Å². The zero-order valence-corrected chi connectivity index (χ0v) is 37.6. The number of esters is 2. The van der Waals surface area contributed by atoms with E-state index in [0.29, 0.717) is 13.0 Å². The first-order valence-electron chi connectivity index (χ1n) is 16.6. The molecule has 0 aliphatic rings.